The summed E-state index contributed by atoms with van der Waals surface area (Å²) in [6.07, 6.45) is 4.28. The first-order chi connectivity index (χ1) is 11.4. The number of hydrogen-bond donors (Lipinski definition) is 1. The van der Waals surface area contributed by atoms with Crippen LogP contribution in [0.25, 0.3) is 0 Å². The van der Waals surface area contributed by atoms with Crippen LogP contribution in [-0.4, -0.2) is 14.2 Å². The Morgan fingerprint density at radius 2 is 1.96 bits per heavy atom. The van der Waals surface area contributed by atoms with E-state index in [9.17, 15) is 17.6 Å². The van der Waals surface area contributed by atoms with E-state index in [-0.39, 0.29) is 11.5 Å². The fraction of sp³-hybridized carbons (Fsp3) is 0.353. The van der Waals surface area contributed by atoms with Crippen LogP contribution in [0, 0.1) is 5.82 Å². The zero-order valence-electron chi connectivity index (χ0n) is 13.2. The summed E-state index contributed by atoms with van der Waals surface area (Å²) in [5.41, 5.74) is 1.04. The first-order valence-corrected chi connectivity index (χ1v) is 10.2. The third kappa shape index (κ3) is 3.37. The van der Waals surface area contributed by atoms with Crippen molar-refractivity contribution in [3.05, 3.63) is 45.9 Å². The summed E-state index contributed by atoms with van der Waals surface area (Å²) in [4.78, 5) is 11.4. The molecule has 4 nitrogen and oxygen atoms in total. The van der Waals surface area contributed by atoms with E-state index < -0.39 is 20.7 Å². The largest absolute Gasteiger partial charge is 0.294 e. The van der Waals surface area contributed by atoms with Gasteiger partial charge in [-0.1, -0.05) is 18.9 Å². The molecule has 1 aliphatic carbocycles. The van der Waals surface area contributed by atoms with Crippen molar-refractivity contribution in [2.45, 2.75) is 43.4 Å². The lowest BCUT2D eigenvalue weighted by Crippen LogP contribution is -2.16. The van der Waals surface area contributed by atoms with Gasteiger partial charge in [0.05, 0.1) is 10.6 Å². The van der Waals surface area contributed by atoms with Crippen molar-refractivity contribution >= 4 is 32.8 Å². The summed E-state index contributed by atoms with van der Waals surface area (Å²) in [6.45, 7) is 1.36. The van der Waals surface area contributed by atoms with Crippen molar-refractivity contribution in [3.63, 3.8) is 0 Å². The predicted octanol–water partition coefficient (Wildman–Crippen LogP) is 4.55. The highest BCUT2D eigenvalue weighted by molar-refractivity contribution is 7.92. The van der Waals surface area contributed by atoms with Crippen molar-refractivity contribution < 1.29 is 17.6 Å². The molecule has 0 unspecified atom stereocenters. The van der Waals surface area contributed by atoms with Gasteiger partial charge in [-0.15, -0.1) is 11.3 Å². The number of hydrogen-bond acceptors (Lipinski definition) is 4. The topological polar surface area (TPSA) is 63.2 Å². The highest BCUT2D eigenvalue weighted by atomic mass is 32.2. The molecule has 7 heteroatoms. The fourth-order valence-corrected chi connectivity index (χ4v) is 5.06. The molecule has 1 aromatic carbocycles. The molecule has 0 radical (unpaired) electrons. The van der Waals surface area contributed by atoms with Crippen LogP contribution in [0.4, 0.5) is 10.1 Å². The molecule has 1 heterocycles. The molecule has 128 valence electrons. The Kier molecular flexibility index (Phi) is 4.73. The van der Waals surface area contributed by atoms with Crippen molar-refractivity contribution in [3.8, 4) is 0 Å². The Balaban J connectivity index is 1.89. The Hall–Kier alpha value is -1.73. The van der Waals surface area contributed by atoms with E-state index >= 15 is 0 Å². The number of anilines is 1. The maximum Gasteiger partial charge on any atom is 0.264 e. The van der Waals surface area contributed by atoms with E-state index in [1.807, 2.05) is 0 Å². The zero-order valence-corrected chi connectivity index (χ0v) is 14.8. The monoisotopic (exact) mass is 367 g/mol. The Morgan fingerprint density at radius 1 is 1.25 bits per heavy atom. The lowest BCUT2D eigenvalue weighted by molar-refractivity contribution is 0.102. The van der Waals surface area contributed by atoms with Gasteiger partial charge < -0.3 is 0 Å². The van der Waals surface area contributed by atoms with Crippen molar-refractivity contribution in [2.75, 3.05) is 4.72 Å². The first kappa shape index (κ1) is 17.1. The second kappa shape index (κ2) is 6.64. The summed E-state index contributed by atoms with van der Waals surface area (Å²) in [7, 11) is -4.08. The van der Waals surface area contributed by atoms with E-state index in [0.29, 0.717) is 10.8 Å². The molecule has 24 heavy (non-hydrogen) atoms. The average Bonchev–Trinajstić information content (AvgIpc) is 3.17. The molecule has 0 spiro atoms. The Bertz CT molecular complexity index is 868. The van der Waals surface area contributed by atoms with E-state index in [0.717, 1.165) is 42.6 Å². The van der Waals surface area contributed by atoms with Crippen molar-refractivity contribution in [2.24, 2.45) is 0 Å². The maximum absolute atomic E-state index is 14.4. The Labute approximate surface area is 144 Å². The minimum Gasteiger partial charge on any atom is -0.294 e. The zero-order chi connectivity index (χ0) is 17.3. The average molecular weight is 367 g/mol. The van der Waals surface area contributed by atoms with Gasteiger partial charge in [0.1, 0.15) is 10.7 Å². The van der Waals surface area contributed by atoms with Crippen molar-refractivity contribution in [1.29, 1.82) is 0 Å². The number of benzene rings is 1. The summed E-state index contributed by atoms with van der Waals surface area (Å²) >= 11 is 1.15. The minimum absolute atomic E-state index is 0.187. The van der Waals surface area contributed by atoms with Gasteiger partial charge in [0.15, 0.2) is 5.78 Å². The van der Waals surface area contributed by atoms with Gasteiger partial charge in [0.25, 0.3) is 10.0 Å². The molecule has 1 N–H and O–H groups in total. The summed E-state index contributed by atoms with van der Waals surface area (Å²) in [5, 5.41) is 1.62. The van der Waals surface area contributed by atoms with E-state index in [4.69, 9.17) is 0 Å². The SMILES string of the molecule is CC(=O)c1sccc1NS(=O)(=O)c1ccc(C2CCCC2)cc1F. The normalized spacial score (nSPS) is 15.6. The molecule has 1 aliphatic rings. The van der Waals surface area contributed by atoms with Crippen LogP contribution in [0.1, 0.15) is 53.8 Å². The number of rotatable bonds is 5. The second-order valence-electron chi connectivity index (χ2n) is 6.00. The fourth-order valence-electron chi connectivity index (χ4n) is 3.11. The molecule has 0 amide bonds. The van der Waals surface area contributed by atoms with Gasteiger partial charge >= 0.3 is 0 Å². The number of ketones is 1. The molecular weight excluding hydrogens is 349 g/mol. The van der Waals surface area contributed by atoms with Gasteiger partial charge in [-0.25, -0.2) is 12.8 Å². The van der Waals surface area contributed by atoms with Gasteiger partial charge in [-0.3, -0.25) is 9.52 Å². The van der Waals surface area contributed by atoms with Crippen LogP contribution in [0.3, 0.4) is 0 Å². The quantitative estimate of drug-likeness (QED) is 0.789. The Morgan fingerprint density at radius 3 is 2.58 bits per heavy atom. The molecule has 1 saturated carbocycles. The number of carbonyl (C=O) groups is 1. The van der Waals surface area contributed by atoms with Gasteiger partial charge in [-0.05, 0) is 47.9 Å². The van der Waals surface area contributed by atoms with Gasteiger partial charge in [-0.2, -0.15) is 0 Å². The van der Waals surface area contributed by atoms with Crippen LogP contribution in [0.2, 0.25) is 0 Å². The van der Waals surface area contributed by atoms with Crippen LogP contribution in [0.5, 0.6) is 0 Å². The highest BCUT2D eigenvalue weighted by Gasteiger charge is 2.24. The van der Waals surface area contributed by atoms with Crippen LogP contribution < -0.4 is 4.72 Å². The molecule has 1 fully saturated rings. The molecule has 2 aromatic rings. The number of Topliss-reactive ketones (excluding diaryl/α,β-unsaturated/α-hetero) is 1. The number of carbonyl (C=O) groups excluding carboxylic acids is 1. The van der Waals surface area contributed by atoms with E-state index in [1.54, 1.807) is 11.4 Å². The van der Waals surface area contributed by atoms with Crippen LogP contribution >= 0.6 is 11.3 Å². The minimum atomic E-state index is -4.08. The summed E-state index contributed by atoms with van der Waals surface area (Å²) < 4.78 is 41.7. The highest BCUT2D eigenvalue weighted by Crippen LogP contribution is 2.35. The number of sulfonamides is 1. The predicted molar refractivity (Wildman–Crippen MR) is 92.7 cm³/mol. The van der Waals surface area contributed by atoms with Crippen molar-refractivity contribution in [1.82, 2.24) is 0 Å². The molecule has 0 saturated heterocycles. The smallest absolute Gasteiger partial charge is 0.264 e. The first-order valence-electron chi connectivity index (χ1n) is 7.79. The molecule has 3 rings (SSSR count). The van der Waals surface area contributed by atoms with E-state index in [2.05, 4.69) is 4.72 Å². The second-order valence-corrected chi connectivity index (χ2v) is 8.56. The molecular formula is C17H18FNO3S2. The number of halogens is 1. The third-order valence-corrected chi connectivity index (χ3v) is 6.72. The lowest BCUT2D eigenvalue weighted by Gasteiger charge is -2.13. The molecule has 0 atom stereocenters. The third-order valence-electron chi connectivity index (χ3n) is 4.30. The number of thiophene rings is 1. The van der Waals surface area contributed by atoms with Crippen LogP contribution in [0.15, 0.2) is 34.5 Å². The number of nitrogens with one attached hydrogen (secondary N) is 1. The van der Waals surface area contributed by atoms with Gasteiger partial charge in [0.2, 0.25) is 0 Å². The lowest BCUT2D eigenvalue weighted by atomic mass is 9.98. The molecule has 1 aromatic heterocycles. The summed E-state index contributed by atoms with van der Waals surface area (Å²) in [6, 6.07) is 5.83. The maximum atomic E-state index is 14.4. The summed E-state index contributed by atoms with van der Waals surface area (Å²) in [5.74, 6) is -0.684. The standard InChI is InChI=1S/C17H18FNO3S2/c1-11(20)17-15(8-9-23-17)19-24(21,22)16-7-6-13(10-14(16)18)12-4-2-3-5-12/h6-10,12,19H,2-5H2,1H3. The molecule has 0 bridgehead atoms. The van der Waals surface area contributed by atoms with E-state index in [1.165, 1.54) is 25.1 Å². The van der Waals surface area contributed by atoms with Crippen LogP contribution in [-0.2, 0) is 10.0 Å². The van der Waals surface area contributed by atoms with Gasteiger partial charge in [0, 0.05) is 6.92 Å². The molecule has 0 aliphatic heterocycles.